The van der Waals surface area contributed by atoms with Gasteiger partial charge in [-0.1, -0.05) is 24.3 Å². The lowest BCUT2D eigenvalue weighted by molar-refractivity contribution is -0.258. The number of hydrogen-bond donors (Lipinski definition) is 2. The van der Waals surface area contributed by atoms with Crippen molar-refractivity contribution in [1.29, 1.82) is 0 Å². The van der Waals surface area contributed by atoms with Crippen molar-refractivity contribution in [3.05, 3.63) is 59.7 Å². The van der Waals surface area contributed by atoms with E-state index in [0.717, 1.165) is 24.3 Å². The number of aliphatic hydroxyl groups is 1. The van der Waals surface area contributed by atoms with E-state index >= 15 is 0 Å². The first kappa shape index (κ1) is 22.9. The Balaban J connectivity index is 2.31. The van der Waals surface area contributed by atoms with Gasteiger partial charge in [-0.2, -0.15) is 13.2 Å². The molecule has 2 aromatic carbocycles. The molecule has 2 N–H and O–H groups in total. The second-order valence-corrected chi connectivity index (χ2v) is 9.56. The molecule has 2 aromatic rings. The van der Waals surface area contributed by atoms with Gasteiger partial charge in [0.15, 0.2) is 5.60 Å². The number of carboxylic acid groups (broad SMARTS) is 1. The van der Waals surface area contributed by atoms with Gasteiger partial charge in [0.1, 0.15) is 0 Å². The van der Waals surface area contributed by atoms with E-state index in [1.165, 1.54) is 24.3 Å². The highest BCUT2D eigenvalue weighted by atomic mass is 32.2. The fourth-order valence-corrected chi connectivity index (χ4v) is 3.89. The molecule has 0 aromatic heterocycles. The Morgan fingerprint density at radius 1 is 0.897 bits per heavy atom. The van der Waals surface area contributed by atoms with Crippen molar-refractivity contribution in [2.75, 3.05) is 0 Å². The second kappa shape index (κ2) is 7.46. The molecule has 2 rings (SSSR count). The fraction of sp³-hybridized carbons (Fsp3) is 0.350. The van der Waals surface area contributed by atoms with Crippen LogP contribution >= 0.6 is 0 Å². The van der Waals surface area contributed by atoms with Gasteiger partial charge in [-0.3, -0.25) is 4.79 Å². The Morgan fingerprint density at radius 3 is 1.69 bits per heavy atom. The van der Waals surface area contributed by atoms with Gasteiger partial charge in [0.25, 0.3) is 0 Å². The average Bonchev–Trinajstić information content (AvgIpc) is 2.61. The quantitative estimate of drug-likeness (QED) is 0.724. The van der Waals surface area contributed by atoms with E-state index in [4.69, 9.17) is 0 Å². The molecule has 0 radical (unpaired) electrons. The number of halogens is 3. The van der Waals surface area contributed by atoms with Crippen LogP contribution < -0.4 is 0 Å². The van der Waals surface area contributed by atoms with Gasteiger partial charge in [0.05, 0.1) is 15.2 Å². The van der Waals surface area contributed by atoms with E-state index in [0.29, 0.717) is 12.5 Å². The summed E-state index contributed by atoms with van der Waals surface area (Å²) in [5, 5.41) is 18.9. The number of hydrogen-bond acceptors (Lipinski definition) is 4. The Labute approximate surface area is 166 Å². The molecule has 0 saturated carbocycles. The third-order valence-electron chi connectivity index (χ3n) is 4.74. The van der Waals surface area contributed by atoms with E-state index < -0.39 is 38.6 Å². The SMILES string of the molecule is CC(C)(Cc1ccc(S(=O)(=O)c2ccc(C(C)(O)C(F)(F)F)cc2)cc1)C(=O)O. The number of benzene rings is 2. The Hall–Kier alpha value is -2.39. The third-order valence-corrected chi connectivity index (χ3v) is 6.52. The zero-order valence-electron chi connectivity index (χ0n) is 16.0. The van der Waals surface area contributed by atoms with Gasteiger partial charge in [0.2, 0.25) is 9.84 Å². The van der Waals surface area contributed by atoms with Crippen LogP contribution in [0.5, 0.6) is 0 Å². The molecular weight excluding hydrogens is 409 g/mol. The Kier molecular flexibility index (Phi) is 5.89. The van der Waals surface area contributed by atoms with Crippen LogP contribution in [0.1, 0.15) is 31.9 Å². The van der Waals surface area contributed by atoms with Crippen molar-refractivity contribution >= 4 is 15.8 Å². The molecule has 0 fully saturated rings. The molecule has 0 saturated heterocycles. The molecule has 0 bridgehead atoms. The predicted molar refractivity (Wildman–Crippen MR) is 99.1 cm³/mol. The van der Waals surface area contributed by atoms with Gasteiger partial charge >= 0.3 is 12.1 Å². The van der Waals surface area contributed by atoms with Gasteiger partial charge < -0.3 is 10.2 Å². The smallest absolute Gasteiger partial charge is 0.421 e. The maximum Gasteiger partial charge on any atom is 0.421 e. The number of rotatable bonds is 6. The Bertz CT molecular complexity index is 990. The van der Waals surface area contributed by atoms with Gasteiger partial charge in [0, 0.05) is 0 Å². The standard InChI is InChI=1S/C20H21F3O5S/c1-18(2,17(24)25)12-13-4-8-15(9-5-13)29(27,28)16-10-6-14(7-11-16)19(3,26)20(21,22)23/h4-11,26H,12H2,1-3H3,(H,24,25). The highest BCUT2D eigenvalue weighted by Crippen LogP contribution is 2.38. The molecule has 1 atom stereocenters. The minimum absolute atomic E-state index is 0.0790. The Morgan fingerprint density at radius 2 is 1.31 bits per heavy atom. The summed E-state index contributed by atoms with van der Waals surface area (Å²) in [7, 11) is -3.99. The van der Waals surface area contributed by atoms with Crippen LogP contribution in [0.3, 0.4) is 0 Å². The van der Waals surface area contributed by atoms with E-state index in [2.05, 4.69) is 0 Å². The highest BCUT2D eigenvalue weighted by Gasteiger charge is 2.51. The van der Waals surface area contributed by atoms with Crippen molar-refractivity contribution in [3.63, 3.8) is 0 Å². The molecule has 0 aliphatic heterocycles. The topological polar surface area (TPSA) is 91.7 Å². The molecule has 0 aliphatic carbocycles. The minimum Gasteiger partial charge on any atom is -0.481 e. The summed E-state index contributed by atoms with van der Waals surface area (Å²) in [6.07, 6.45) is -4.71. The maximum absolute atomic E-state index is 12.9. The summed E-state index contributed by atoms with van der Waals surface area (Å²) in [4.78, 5) is 10.9. The molecule has 9 heteroatoms. The lowest BCUT2D eigenvalue weighted by atomic mass is 9.86. The minimum atomic E-state index is -4.91. The van der Waals surface area contributed by atoms with Crippen LogP contribution in [0, 0.1) is 5.41 Å². The molecule has 5 nitrogen and oxygen atoms in total. The van der Waals surface area contributed by atoms with Crippen LogP contribution in [0.15, 0.2) is 58.3 Å². The zero-order valence-corrected chi connectivity index (χ0v) is 16.8. The van der Waals surface area contributed by atoms with Crippen molar-refractivity contribution in [2.45, 2.75) is 48.8 Å². The van der Waals surface area contributed by atoms with Crippen molar-refractivity contribution < 1.29 is 36.6 Å². The lowest BCUT2D eigenvalue weighted by Gasteiger charge is -2.26. The number of alkyl halides is 3. The molecule has 0 amide bonds. The van der Waals surface area contributed by atoms with E-state index in [1.54, 1.807) is 13.8 Å². The second-order valence-electron chi connectivity index (χ2n) is 7.61. The van der Waals surface area contributed by atoms with Crippen LogP contribution in [-0.4, -0.2) is 30.8 Å². The largest absolute Gasteiger partial charge is 0.481 e. The number of aliphatic carboxylic acids is 1. The number of carbonyl (C=O) groups is 1. The first-order valence-electron chi connectivity index (χ1n) is 8.56. The average molecular weight is 430 g/mol. The molecule has 29 heavy (non-hydrogen) atoms. The summed E-state index contributed by atoms with van der Waals surface area (Å²) in [5.74, 6) is -0.982. The first-order chi connectivity index (χ1) is 13.1. The van der Waals surface area contributed by atoms with Gasteiger partial charge in [-0.05, 0) is 62.6 Å². The van der Waals surface area contributed by atoms with Crippen LogP contribution in [0.2, 0.25) is 0 Å². The number of carboxylic acids is 1. The fourth-order valence-electron chi connectivity index (χ4n) is 2.63. The molecule has 0 heterocycles. The molecule has 0 spiro atoms. The van der Waals surface area contributed by atoms with Crippen molar-refractivity contribution in [2.24, 2.45) is 5.41 Å². The maximum atomic E-state index is 12.9. The predicted octanol–water partition coefficient (Wildman–Crippen LogP) is 3.94. The van der Waals surface area contributed by atoms with Gasteiger partial charge in [-0.25, -0.2) is 8.42 Å². The van der Waals surface area contributed by atoms with E-state index in [9.17, 15) is 36.6 Å². The van der Waals surface area contributed by atoms with Crippen molar-refractivity contribution in [1.82, 2.24) is 0 Å². The first-order valence-corrected chi connectivity index (χ1v) is 10.0. The van der Waals surface area contributed by atoms with E-state index in [1.807, 2.05) is 0 Å². The molecular formula is C20H21F3O5S. The van der Waals surface area contributed by atoms with E-state index in [-0.39, 0.29) is 16.2 Å². The lowest BCUT2D eigenvalue weighted by Crippen LogP contribution is -2.39. The summed E-state index contributed by atoms with van der Waals surface area (Å²) in [6.45, 7) is 3.70. The molecule has 158 valence electrons. The van der Waals surface area contributed by atoms with Gasteiger partial charge in [-0.15, -0.1) is 0 Å². The molecule has 0 aliphatic rings. The van der Waals surface area contributed by atoms with Crippen LogP contribution in [0.4, 0.5) is 13.2 Å². The summed E-state index contributed by atoms with van der Waals surface area (Å²) in [6, 6.07) is 9.50. The third kappa shape index (κ3) is 4.62. The zero-order chi connectivity index (χ0) is 22.3. The van der Waals surface area contributed by atoms with Crippen LogP contribution in [-0.2, 0) is 26.7 Å². The normalized spacial score (nSPS) is 15.0. The monoisotopic (exact) mass is 430 g/mol. The van der Waals surface area contributed by atoms with Crippen molar-refractivity contribution in [3.8, 4) is 0 Å². The van der Waals surface area contributed by atoms with Crippen LogP contribution in [0.25, 0.3) is 0 Å². The summed E-state index contributed by atoms with van der Waals surface area (Å²) >= 11 is 0. The summed E-state index contributed by atoms with van der Waals surface area (Å²) < 4.78 is 64.2. The number of sulfone groups is 1. The summed E-state index contributed by atoms with van der Waals surface area (Å²) in [5.41, 5.74) is -3.97. The highest BCUT2D eigenvalue weighted by molar-refractivity contribution is 7.91. The molecule has 1 unspecified atom stereocenters.